The van der Waals surface area contributed by atoms with E-state index in [0.29, 0.717) is 33.7 Å². The maximum atomic E-state index is 10.9. The van der Waals surface area contributed by atoms with E-state index in [-0.39, 0.29) is 0 Å². The van der Waals surface area contributed by atoms with E-state index < -0.39 is 0 Å². The summed E-state index contributed by atoms with van der Waals surface area (Å²) in [7, 11) is 1.59. The number of anilines is 1. The Morgan fingerprint density at radius 2 is 2.26 bits per heavy atom. The highest BCUT2D eigenvalue weighted by molar-refractivity contribution is 7.99. The highest BCUT2D eigenvalue weighted by atomic mass is 32.2. The first-order valence-corrected chi connectivity index (χ1v) is 10.9. The fraction of sp³-hybridized carbons (Fsp3) is 0.381. The summed E-state index contributed by atoms with van der Waals surface area (Å²) < 4.78 is 7.29. The molecule has 9 nitrogen and oxygen atoms in total. The fourth-order valence-corrected chi connectivity index (χ4v) is 4.66. The summed E-state index contributed by atoms with van der Waals surface area (Å²) in [5, 5.41) is 10.1. The van der Waals surface area contributed by atoms with Gasteiger partial charge in [-0.3, -0.25) is 4.79 Å². The van der Waals surface area contributed by atoms with Gasteiger partial charge in [0.15, 0.2) is 5.52 Å². The van der Waals surface area contributed by atoms with Crippen LogP contribution in [-0.4, -0.2) is 46.5 Å². The molecule has 0 spiro atoms. The van der Waals surface area contributed by atoms with Gasteiger partial charge >= 0.3 is 0 Å². The third-order valence-corrected chi connectivity index (χ3v) is 6.56. The number of hydrogen-bond donors (Lipinski definition) is 2. The maximum Gasteiger partial charge on any atom is 0.294 e. The first kappa shape index (κ1) is 20.9. The number of nitrogens with two attached hydrogens (primary N) is 1. The normalized spacial score (nSPS) is 14.5. The van der Waals surface area contributed by atoms with Crippen molar-refractivity contribution in [1.82, 2.24) is 19.9 Å². The number of amides is 1. The molecule has 2 aromatic heterocycles. The molecule has 0 atom stereocenters. The standard InChI is InChI=1S/C21H23N7O2S/c1-30-16-3-2-15(11-22)17(10-16)31-21-25-18-19(23)24-12-28(20(18)26-21)9-6-14-4-7-27(13-29)8-5-14/h2-3,10,12-14H,4-9H2,1H3,(H2,23,25,26)/p+1. The second kappa shape index (κ2) is 9.22. The van der Waals surface area contributed by atoms with Gasteiger partial charge in [-0.25, -0.2) is 4.57 Å². The highest BCUT2D eigenvalue weighted by Gasteiger charge is 2.22. The molecule has 10 heteroatoms. The third-order valence-electron chi connectivity index (χ3n) is 5.62. The van der Waals surface area contributed by atoms with E-state index in [0.717, 1.165) is 55.8 Å². The van der Waals surface area contributed by atoms with Crippen molar-refractivity contribution in [2.24, 2.45) is 5.92 Å². The quantitative estimate of drug-likeness (QED) is 0.427. The number of methoxy groups -OCH3 is 1. The SMILES string of the molecule is COc1ccc(C#N)c(Sc2nc3c([nH]2)c(N)nc[n+]3CCC2CCN(C=O)CC2)c1. The molecule has 4 rings (SSSR count). The average molecular weight is 439 g/mol. The van der Waals surface area contributed by atoms with Gasteiger partial charge in [0.25, 0.3) is 5.65 Å². The lowest BCUT2D eigenvalue weighted by Gasteiger charge is -2.28. The Bertz CT molecular complexity index is 1130. The number of benzene rings is 1. The number of fused-ring (bicyclic) bond motifs is 1. The van der Waals surface area contributed by atoms with E-state index >= 15 is 0 Å². The van der Waals surface area contributed by atoms with Gasteiger partial charge in [0, 0.05) is 18.0 Å². The smallest absolute Gasteiger partial charge is 0.294 e. The largest absolute Gasteiger partial charge is 0.497 e. The zero-order valence-electron chi connectivity index (χ0n) is 17.2. The molecule has 0 radical (unpaired) electrons. The molecule has 1 saturated heterocycles. The number of piperidine rings is 1. The Morgan fingerprint density at radius 3 is 2.97 bits per heavy atom. The Kier molecular flexibility index (Phi) is 6.23. The van der Waals surface area contributed by atoms with E-state index in [1.165, 1.54) is 11.8 Å². The number of rotatable bonds is 7. The van der Waals surface area contributed by atoms with Crippen molar-refractivity contribution in [3.05, 3.63) is 30.1 Å². The number of hydrogen-bond acceptors (Lipinski definition) is 7. The third kappa shape index (κ3) is 4.56. The molecule has 3 N–H and O–H groups in total. The number of nitriles is 1. The van der Waals surface area contributed by atoms with Crippen LogP contribution in [-0.2, 0) is 11.3 Å². The number of aromatic nitrogens is 4. The molecule has 0 unspecified atom stereocenters. The number of likely N-dealkylation sites (tertiary alicyclic amines) is 1. The second-order valence-corrected chi connectivity index (χ2v) is 8.54. The number of carbonyl (C=O) groups is 1. The Hall–Kier alpha value is -3.32. The van der Waals surface area contributed by atoms with Gasteiger partial charge in [-0.1, -0.05) is 9.97 Å². The van der Waals surface area contributed by atoms with Crippen LogP contribution in [0.4, 0.5) is 5.82 Å². The van der Waals surface area contributed by atoms with Crippen LogP contribution in [0.1, 0.15) is 24.8 Å². The zero-order valence-corrected chi connectivity index (χ0v) is 18.1. The fourth-order valence-electron chi connectivity index (χ4n) is 3.77. The summed E-state index contributed by atoms with van der Waals surface area (Å²) in [5.41, 5.74) is 8.06. The molecule has 31 heavy (non-hydrogen) atoms. The lowest BCUT2D eigenvalue weighted by molar-refractivity contribution is -0.677. The summed E-state index contributed by atoms with van der Waals surface area (Å²) in [5.74, 6) is 1.63. The van der Waals surface area contributed by atoms with E-state index in [4.69, 9.17) is 15.5 Å². The molecule has 3 heterocycles. The molecule has 0 saturated carbocycles. The van der Waals surface area contributed by atoms with Crippen LogP contribution in [0.15, 0.2) is 34.6 Å². The summed E-state index contributed by atoms with van der Waals surface area (Å²) in [6.07, 6.45) is 5.67. The molecule has 160 valence electrons. The number of nitrogens with one attached hydrogen (secondary N) is 1. The van der Waals surface area contributed by atoms with Crippen molar-refractivity contribution < 1.29 is 14.1 Å². The number of H-pyrrole nitrogens is 1. The monoisotopic (exact) mass is 438 g/mol. The molecular formula is C21H24N7O2S+. The summed E-state index contributed by atoms with van der Waals surface area (Å²) in [6.45, 7) is 2.41. The summed E-state index contributed by atoms with van der Waals surface area (Å²) in [4.78, 5) is 25.8. The van der Waals surface area contributed by atoms with E-state index in [1.54, 1.807) is 25.6 Å². The van der Waals surface area contributed by atoms with Crippen molar-refractivity contribution in [3.63, 3.8) is 0 Å². The number of nitrogens with zero attached hydrogens (tertiary/aromatic N) is 5. The van der Waals surface area contributed by atoms with Crippen LogP contribution in [0.3, 0.4) is 0 Å². The van der Waals surface area contributed by atoms with Gasteiger partial charge in [0.2, 0.25) is 23.7 Å². The minimum Gasteiger partial charge on any atom is -0.497 e. The second-order valence-electron chi connectivity index (χ2n) is 7.51. The van der Waals surface area contributed by atoms with Crippen LogP contribution in [0.2, 0.25) is 0 Å². The van der Waals surface area contributed by atoms with Crippen LogP contribution in [0.5, 0.6) is 5.75 Å². The molecule has 1 fully saturated rings. The van der Waals surface area contributed by atoms with E-state index in [2.05, 4.69) is 16.0 Å². The molecule has 3 aromatic rings. The van der Waals surface area contributed by atoms with Gasteiger partial charge in [-0.05, 0) is 55.1 Å². The van der Waals surface area contributed by atoms with Gasteiger partial charge in [-0.15, -0.1) is 0 Å². The van der Waals surface area contributed by atoms with E-state index in [1.807, 2.05) is 15.5 Å². The number of ether oxygens (including phenoxy) is 1. The van der Waals surface area contributed by atoms with Crippen LogP contribution in [0.25, 0.3) is 11.2 Å². The average Bonchev–Trinajstić information content (AvgIpc) is 3.23. The maximum absolute atomic E-state index is 10.9. The lowest BCUT2D eigenvalue weighted by Crippen LogP contribution is -2.38. The number of aromatic amines is 1. The van der Waals surface area contributed by atoms with Crippen molar-refractivity contribution in [2.75, 3.05) is 25.9 Å². The highest BCUT2D eigenvalue weighted by Crippen LogP contribution is 2.32. The Morgan fingerprint density at radius 1 is 1.45 bits per heavy atom. The lowest BCUT2D eigenvalue weighted by atomic mass is 9.94. The predicted molar refractivity (Wildman–Crippen MR) is 115 cm³/mol. The minimum atomic E-state index is 0.385. The van der Waals surface area contributed by atoms with Crippen molar-refractivity contribution in [1.29, 1.82) is 5.26 Å². The number of nitrogen functional groups attached to an aromatic ring is 1. The molecule has 0 bridgehead atoms. The van der Waals surface area contributed by atoms with Gasteiger partial charge in [0.05, 0.1) is 19.2 Å². The molecule has 0 aliphatic carbocycles. The molecule has 1 aromatic carbocycles. The van der Waals surface area contributed by atoms with Crippen molar-refractivity contribution in [2.45, 2.75) is 35.9 Å². The van der Waals surface area contributed by atoms with Crippen molar-refractivity contribution >= 4 is 35.2 Å². The first-order chi connectivity index (χ1) is 15.1. The summed E-state index contributed by atoms with van der Waals surface area (Å²) >= 11 is 1.36. The Balaban J connectivity index is 1.55. The Labute approximate surface area is 184 Å². The molecular weight excluding hydrogens is 414 g/mol. The van der Waals surface area contributed by atoms with Crippen molar-refractivity contribution in [3.8, 4) is 11.8 Å². The predicted octanol–water partition coefficient (Wildman–Crippen LogP) is 2.12. The van der Waals surface area contributed by atoms with Gasteiger partial charge in [0.1, 0.15) is 11.8 Å². The van der Waals surface area contributed by atoms with Gasteiger partial charge in [-0.2, -0.15) is 5.26 Å². The van der Waals surface area contributed by atoms with Gasteiger partial charge < -0.3 is 20.4 Å². The van der Waals surface area contributed by atoms with Crippen LogP contribution >= 0.6 is 11.8 Å². The number of carbonyl (C=O) groups excluding carboxylic acids is 1. The van der Waals surface area contributed by atoms with E-state index in [9.17, 15) is 10.1 Å². The van der Waals surface area contributed by atoms with Crippen LogP contribution in [0, 0.1) is 17.2 Å². The molecule has 1 amide bonds. The topological polar surface area (TPSA) is 125 Å². The number of aryl methyl sites for hydroxylation is 1. The summed E-state index contributed by atoms with van der Waals surface area (Å²) in [6, 6.07) is 7.51. The minimum absolute atomic E-state index is 0.385. The molecule has 1 aliphatic rings. The number of imidazole rings is 1. The van der Waals surface area contributed by atoms with Crippen LogP contribution < -0.4 is 15.0 Å². The zero-order chi connectivity index (χ0) is 21.8. The first-order valence-electron chi connectivity index (χ1n) is 10.1. The molecule has 1 aliphatic heterocycles.